The molecule has 1 saturated carbocycles. The third-order valence-electron chi connectivity index (χ3n) is 7.66. The molecule has 1 unspecified atom stereocenters. The molecule has 1 atom stereocenters. The van der Waals surface area contributed by atoms with Gasteiger partial charge in [-0.15, -0.1) is 0 Å². The predicted octanol–water partition coefficient (Wildman–Crippen LogP) is 6.02. The Kier molecular flexibility index (Phi) is 10.1. The molecule has 218 valence electrons. The van der Waals surface area contributed by atoms with Crippen molar-refractivity contribution < 1.29 is 18.0 Å². The van der Waals surface area contributed by atoms with E-state index in [0.717, 1.165) is 47.5 Å². The van der Waals surface area contributed by atoms with E-state index in [1.54, 1.807) is 32.0 Å². The molecule has 0 heterocycles. The van der Waals surface area contributed by atoms with Crippen LogP contribution in [0.25, 0.3) is 0 Å². The van der Waals surface area contributed by atoms with E-state index in [1.807, 2.05) is 37.3 Å². The van der Waals surface area contributed by atoms with Crippen molar-refractivity contribution in [2.75, 3.05) is 10.8 Å². The molecule has 41 heavy (non-hydrogen) atoms. The van der Waals surface area contributed by atoms with Crippen LogP contribution < -0.4 is 9.62 Å². The summed E-state index contributed by atoms with van der Waals surface area (Å²) in [5.41, 5.74) is 3.02. The second-order valence-corrected chi connectivity index (χ2v) is 13.1. The summed E-state index contributed by atoms with van der Waals surface area (Å²) < 4.78 is 29.0. The molecule has 9 heteroatoms. The average molecular weight is 596 g/mol. The minimum absolute atomic E-state index is 0.0196. The van der Waals surface area contributed by atoms with Crippen LogP contribution in [-0.2, 0) is 26.2 Å². The summed E-state index contributed by atoms with van der Waals surface area (Å²) in [6.07, 6.45) is 5.14. The highest BCUT2D eigenvalue weighted by Crippen LogP contribution is 2.28. The van der Waals surface area contributed by atoms with Crippen LogP contribution in [0.5, 0.6) is 0 Å². The Hall–Kier alpha value is -3.36. The van der Waals surface area contributed by atoms with Crippen molar-refractivity contribution >= 4 is 39.1 Å². The van der Waals surface area contributed by atoms with Crippen LogP contribution in [0.4, 0.5) is 5.69 Å². The monoisotopic (exact) mass is 595 g/mol. The average Bonchev–Trinajstić information content (AvgIpc) is 2.96. The zero-order valence-corrected chi connectivity index (χ0v) is 25.4. The van der Waals surface area contributed by atoms with Gasteiger partial charge in [0.15, 0.2) is 0 Å². The van der Waals surface area contributed by atoms with E-state index in [-0.39, 0.29) is 23.4 Å². The van der Waals surface area contributed by atoms with Crippen LogP contribution in [0.1, 0.15) is 55.7 Å². The highest BCUT2D eigenvalue weighted by Gasteiger charge is 2.33. The molecule has 1 aliphatic carbocycles. The number of carbonyl (C=O) groups excluding carboxylic acids is 2. The van der Waals surface area contributed by atoms with E-state index in [9.17, 15) is 18.0 Å². The zero-order valence-electron chi connectivity index (χ0n) is 23.8. The maximum atomic E-state index is 14.1. The van der Waals surface area contributed by atoms with Crippen LogP contribution in [0.3, 0.4) is 0 Å². The van der Waals surface area contributed by atoms with Crippen LogP contribution >= 0.6 is 11.6 Å². The van der Waals surface area contributed by atoms with Crippen molar-refractivity contribution in [3.05, 3.63) is 94.5 Å². The number of benzene rings is 3. The van der Waals surface area contributed by atoms with Gasteiger partial charge in [0, 0.05) is 17.6 Å². The molecular weight excluding hydrogens is 558 g/mol. The van der Waals surface area contributed by atoms with Crippen LogP contribution in [0.2, 0.25) is 5.02 Å². The molecule has 0 aliphatic heterocycles. The van der Waals surface area contributed by atoms with Gasteiger partial charge in [0.2, 0.25) is 11.8 Å². The Morgan fingerprint density at radius 2 is 1.56 bits per heavy atom. The first-order valence-electron chi connectivity index (χ1n) is 14.1. The highest BCUT2D eigenvalue weighted by molar-refractivity contribution is 7.92. The molecule has 4 rings (SSSR count). The van der Waals surface area contributed by atoms with Crippen molar-refractivity contribution in [1.29, 1.82) is 0 Å². The molecule has 1 fully saturated rings. The summed E-state index contributed by atoms with van der Waals surface area (Å²) in [5, 5.41) is 3.53. The minimum atomic E-state index is -4.14. The van der Waals surface area contributed by atoms with Gasteiger partial charge in [0.1, 0.15) is 12.6 Å². The quantitative estimate of drug-likeness (QED) is 0.311. The Labute approximate surface area is 248 Å². The Bertz CT molecular complexity index is 1450. The maximum Gasteiger partial charge on any atom is 0.264 e. The van der Waals surface area contributed by atoms with Crippen molar-refractivity contribution in [3.63, 3.8) is 0 Å². The summed E-state index contributed by atoms with van der Waals surface area (Å²) in [5.74, 6) is -0.710. The van der Waals surface area contributed by atoms with Gasteiger partial charge in [-0.2, -0.15) is 0 Å². The number of amides is 2. The zero-order chi connectivity index (χ0) is 29.6. The molecule has 3 aromatic rings. The molecule has 0 bridgehead atoms. The fourth-order valence-corrected chi connectivity index (χ4v) is 6.74. The second-order valence-electron chi connectivity index (χ2n) is 10.8. The second kappa shape index (κ2) is 13.5. The lowest BCUT2D eigenvalue weighted by Crippen LogP contribution is -2.53. The predicted molar refractivity (Wildman–Crippen MR) is 163 cm³/mol. The number of nitrogens with one attached hydrogen (secondary N) is 1. The third-order valence-corrected chi connectivity index (χ3v) is 9.68. The summed E-state index contributed by atoms with van der Waals surface area (Å²) in [4.78, 5) is 29.0. The van der Waals surface area contributed by atoms with Gasteiger partial charge in [-0.25, -0.2) is 8.42 Å². The van der Waals surface area contributed by atoms with Gasteiger partial charge < -0.3 is 10.2 Å². The Morgan fingerprint density at radius 3 is 2.20 bits per heavy atom. The fourth-order valence-electron chi connectivity index (χ4n) is 5.13. The lowest BCUT2D eigenvalue weighted by atomic mass is 9.95. The fraction of sp³-hybridized carbons (Fsp3) is 0.375. The van der Waals surface area contributed by atoms with Crippen molar-refractivity contribution in [2.45, 2.75) is 76.4 Å². The van der Waals surface area contributed by atoms with Crippen LogP contribution in [0.15, 0.2) is 77.7 Å². The first kappa shape index (κ1) is 30.6. The first-order valence-corrected chi connectivity index (χ1v) is 15.9. The summed E-state index contributed by atoms with van der Waals surface area (Å²) >= 11 is 6.02. The van der Waals surface area contributed by atoms with Gasteiger partial charge in [0.25, 0.3) is 10.0 Å². The molecule has 0 aromatic heterocycles. The number of anilines is 1. The SMILES string of the molecule is Cc1ccc(CN(C(=O)CN(c2ccccc2C)S(=O)(=O)c2ccc(Cl)cc2)C(C)C(=O)NC2CCCCC2)cc1. The maximum absolute atomic E-state index is 14.1. The number of aryl methyl sites for hydroxylation is 2. The number of rotatable bonds is 10. The molecule has 2 amide bonds. The topological polar surface area (TPSA) is 86.8 Å². The number of carbonyl (C=O) groups is 2. The van der Waals surface area contributed by atoms with Gasteiger partial charge in [-0.1, -0.05) is 78.9 Å². The Morgan fingerprint density at radius 1 is 0.927 bits per heavy atom. The molecule has 3 aromatic carbocycles. The van der Waals surface area contributed by atoms with Crippen molar-refractivity contribution in [3.8, 4) is 0 Å². The molecule has 0 radical (unpaired) electrons. The molecule has 0 saturated heterocycles. The van der Waals surface area contributed by atoms with Gasteiger partial charge in [-0.05, 0) is 75.1 Å². The summed E-state index contributed by atoms with van der Waals surface area (Å²) in [7, 11) is -4.14. The first-order chi connectivity index (χ1) is 19.6. The van der Waals surface area contributed by atoms with E-state index >= 15 is 0 Å². The molecule has 1 aliphatic rings. The van der Waals surface area contributed by atoms with E-state index in [0.29, 0.717) is 16.3 Å². The number of hydrogen-bond donors (Lipinski definition) is 1. The van der Waals surface area contributed by atoms with E-state index in [2.05, 4.69) is 5.32 Å². The van der Waals surface area contributed by atoms with E-state index in [1.165, 1.54) is 29.2 Å². The lowest BCUT2D eigenvalue weighted by molar-refractivity contribution is -0.139. The number of para-hydroxylation sites is 1. The van der Waals surface area contributed by atoms with Crippen LogP contribution in [0, 0.1) is 13.8 Å². The largest absolute Gasteiger partial charge is 0.352 e. The lowest BCUT2D eigenvalue weighted by Gasteiger charge is -2.33. The number of sulfonamides is 1. The van der Waals surface area contributed by atoms with Gasteiger partial charge in [-0.3, -0.25) is 13.9 Å². The normalized spacial score (nSPS) is 14.7. The third kappa shape index (κ3) is 7.68. The van der Waals surface area contributed by atoms with Crippen LogP contribution in [-0.4, -0.2) is 43.8 Å². The van der Waals surface area contributed by atoms with Gasteiger partial charge >= 0.3 is 0 Å². The molecule has 7 nitrogen and oxygen atoms in total. The minimum Gasteiger partial charge on any atom is -0.352 e. The smallest absolute Gasteiger partial charge is 0.264 e. The summed E-state index contributed by atoms with van der Waals surface area (Å²) in [6, 6.07) is 19.9. The summed E-state index contributed by atoms with van der Waals surface area (Å²) in [6.45, 7) is 5.18. The van der Waals surface area contributed by atoms with E-state index in [4.69, 9.17) is 11.6 Å². The van der Waals surface area contributed by atoms with Crippen molar-refractivity contribution in [1.82, 2.24) is 10.2 Å². The molecule has 0 spiro atoms. The standard InChI is InChI=1S/C32H38ClN3O4S/c1-23-13-15-26(16-14-23)21-35(25(3)32(38)34-28-10-5-4-6-11-28)31(37)22-36(30-12-8-7-9-24(30)2)41(39,40)29-19-17-27(33)18-20-29/h7-9,12-20,25,28H,4-6,10-11,21-22H2,1-3H3,(H,34,38). The molecular formula is C32H38ClN3O4S. The Balaban J connectivity index is 1.68. The van der Waals surface area contributed by atoms with Gasteiger partial charge in [0.05, 0.1) is 10.6 Å². The van der Waals surface area contributed by atoms with Crippen molar-refractivity contribution in [2.24, 2.45) is 0 Å². The highest BCUT2D eigenvalue weighted by atomic mass is 35.5. The van der Waals surface area contributed by atoms with E-state index < -0.39 is 28.5 Å². The molecule has 1 N–H and O–H groups in total. The number of hydrogen-bond acceptors (Lipinski definition) is 4. The number of halogens is 1. The number of nitrogens with zero attached hydrogens (tertiary/aromatic N) is 2.